The summed E-state index contributed by atoms with van der Waals surface area (Å²) in [7, 11) is 0. The van der Waals surface area contributed by atoms with Crippen molar-refractivity contribution in [2.45, 2.75) is 13.3 Å². The van der Waals surface area contributed by atoms with E-state index in [1.807, 2.05) is 6.92 Å². The van der Waals surface area contributed by atoms with Crippen molar-refractivity contribution in [3.63, 3.8) is 0 Å². The molecule has 0 aromatic heterocycles. The van der Waals surface area contributed by atoms with Gasteiger partial charge in [0.1, 0.15) is 10.7 Å². The number of hydrogen-bond acceptors (Lipinski definition) is 5. The van der Waals surface area contributed by atoms with Crippen LogP contribution in [-0.2, 0) is 20.8 Å². The van der Waals surface area contributed by atoms with Crippen LogP contribution in [0.1, 0.15) is 21.5 Å². The number of benzene rings is 3. The Kier molecular flexibility index (Phi) is 7.10. The first-order chi connectivity index (χ1) is 17.1. The maximum absolute atomic E-state index is 12.9. The van der Waals surface area contributed by atoms with Crippen LogP contribution in [0.2, 0.25) is 5.02 Å². The number of carboxylic acid groups (broad SMARTS) is 1. The average Bonchev–Trinajstić information content (AvgIpc) is 3.05. The quantitative estimate of drug-likeness (QED) is 0.376. The normalized spacial score (nSPS) is 13.2. The zero-order chi connectivity index (χ0) is 26.0. The molecule has 4 rings (SSSR count). The summed E-state index contributed by atoms with van der Waals surface area (Å²) >= 11 is 12.3. The fourth-order valence-corrected chi connectivity index (χ4v) is 3.89. The number of carboxylic acids is 1. The second-order valence-electron chi connectivity index (χ2n) is 8.00. The molecule has 0 unspecified atom stereocenters. The Balaban J connectivity index is 1.40. The van der Waals surface area contributed by atoms with E-state index in [0.29, 0.717) is 27.6 Å². The molecule has 0 saturated heterocycles. The number of anilines is 3. The van der Waals surface area contributed by atoms with Crippen LogP contribution in [0.5, 0.6) is 0 Å². The van der Waals surface area contributed by atoms with E-state index in [1.54, 1.807) is 36.4 Å². The van der Waals surface area contributed by atoms with Gasteiger partial charge >= 0.3 is 5.97 Å². The number of imide groups is 1. The molecule has 0 saturated carbocycles. The number of carbonyl (C=O) groups is 4. The number of nitrogens with zero attached hydrogens (tertiary/aromatic N) is 1. The van der Waals surface area contributed by atoms with E-state index < -0.39 is 17.8 Å². The third-order valence-corrected chi connectivity index (χ3v) is 6.20. The molecule has 0 fully saturated rings. The molecule has 8 nitrogen and oxygen atoms in total. The summed E-state index contributed by atoms with van der Waals surface area (Å²) in [5, 5.41) is 14.7. The lowest BCUT2D eigenvalue weighted by Crippen LogP contribution is -2.32. The van der Waals surface area contributed by atoms with E-state index in [9.17, 15) is 19.2 Å². The molecule has 3 aromatic carbocycles. The predicted octanol–water partition coefficient (Wildman–Crippen LogP) is 4.96. The standard InChI is InChI=1S/C26H19Cl2N3O5/c1-14-2-11-19(13-20(14)27)31-24(33)22(28)23(25(31)34)30-18-7-3-15(4-8-18)12-21(32)29-17-9-5-16(6-10-17)26(35)36/h2-11,13,30H,12H2,1H3,(H,29,32)(H,35,36). The molecule has 182 valence electrons. The van der Waals surface area contributed by atoms with Crippen molar-refractivity contribution < 1.29 is 24.3 Å². The van der Waals surface area contributed by atoms with Crippen LogP contribution in [0.4, 0.5) is 17.1 Å². The first kappa shape index (κ1) is 25.0. The van der Waals surface area contributed by atoms with Crippen LogP contribution in [0.3, 0.4) is 0 Å². The van der Waals surface area contributed by atoms with Gasteiger partial charge in [0.2, 0.25) is 5.91 Å². The third-order valence-electron chi connectivity index (χ3n) is 5.44. The van der Waals surface area contributed by atoms with E-state index in [-0.39, 0.29) is 28.6 Å². The molecule has 0 atom stereocenters. The number of nitrogens with one attached hydrogen (secondary N) is 2. The first-order valence-corrected chi connectivity index (χ1v) is 11.4. The summed E-state index contributed by atoms with van der Waals surface area (Å²) in [6.07, 6.45) is 0.0732. The number of rotatable bonds is 7. The Morgan fingerprint density at radius 3 is 2.14 bits per heavy atom. The second kappa shape index (κ2) is 10.2. The fraction of sp³-hybridized carbons (Fsp3) is 0.0769. The summed E-state index contributed by atoms with van der Waals surface area (Å²) in [5.41, 5.74) is 2.87. The minimum absolute atomic E-state index is 0.0614. The summed E-state index contributed by atoms with van der Waals surface area (Å²) in [5.74, 6) is -2.60. The SMILES string of the molecule is Cc1ccc(N2C(=O)C(Cl)=C(Nc3ccc(CC(=O)Nc4ccc(C(=O)O)cc4)cc3)C2=O)cc1Cl. The zero-order valence-corrected chi connectivity index (χ0v) is 20.4. The lowest BCUT2D eigenvalue weighted by atomic mass is 10.1. The molecule has 1 aliphatic rings. The van der Waals surface area contributed by atoms with Crippen molar-refractivity contribution >= 4 is 64.0 Å². The number of amides is 3. The van der Waals surface area contributed by atoms with E-state index >= 15 is 0 Å². The van der Waals surface area contributed by atoms with Gasteiger partial charge in [0.05, 0.1) is 17.7 Å². The predicted molar refractivity (Wildman–Crippen MR) is 137 cm³/mol. The third kappa shape index (κ3) is 5.25. The van der Waals surface area contributed by atoms with Crippen molar-refractivity contribution in [1.29, 1.82) is 0 Å². The molecule has 36 heavy (non-hydrogen) atoms. The molecule has 0 radical (unpaired) electrons. The number of aromatic carboxylic acids is 1. The number of halogens is 2. The van der Waals surface area contributed by atoms with Gasteiger partial charge in [-0.2, -0.15) is 0 Å². The van der Waals surface area contributed by atoms with Crippen LogP contribution < -0.4 is 15.5 Å². The van der Waals surface area contributed by atoms with Gasteiger partial charge in [-0.05, 0) is 66.6 Å². The highest BCUT2D eigenvalue weighted by Crippen LogP contribution is 2.32. The number of aryl methyl sites for hydroxylation is 1. The molecule has 0 aliphatic carbocycles. The Hall–Kier alpha value is -4.14. The van der Waals surface area contributed by atoms with Crippen LogP contribution in [-0.4, -0.2) is 28.8 Å². The average molecular weight is 524 g/mol. The molecule has 0 bridgehead atoms. The smallest absolute Gasteiger partial charge is 0.335 e. The fourth-order valence-electron chi connectivity index (χ4n) is 3.50. The van der Waals surface area contributed by atoms with Crippen molar-refractivity contribution in [1.82, 2.24) is 0 Å². The lowest BCUT2D eigenvalue weighted by molar-refractivity contribution is -0.120. The van der Waals surface area contributed by atoms with Gasteiger partial charge in [0.25, 0.3) is 11.8 Å². The number of carbonyl (C=O) groups excluding carboxylic acids is 3. The Bertz CT molecular complexity index is 1420. The molecular weight excluding hydrogens is 505 g/mol. The topological polar surface area (TPSA) is 116 Å². The number of hydrogen-bond donors (Lipinski definition) is 3. The lowest BCUT2D eigenvalue weighted by Gasteiger charge is -2.16. The Morgan fingerprint density at radius 2 is 1.53 bits per heavy atom. The maximum Gasteiger partial charge on any atom is 0.335 e. The van der Waals surface area contributed by atoms with Gasteiger partial charge in [0, 0.05) is 16.4 Å². The highest BCUT2D eigenvalue weighted by atomic mass is 35.5. The molecule has 1 heterocycles. The molecule has 0 spiro atoms. The highest BCUT2D eigenvalue weighted by Gasteiger charge is 2.39. The van der Waals surface area contributed by atoms with Gasteiger partial charge in [-0.25, -0.2) is 9.69 Å². The van der Waals surface area contributed by atoms with E-state index in [1.165, 1.54) is 30.3 Å². The van der Waals surface area contributed by atoms with E-state index in [0.717, 1.165) is 10.5 Å². The van der Waals surface area contributed by atoms with E-state index in [2.05, 4.69) is 10.6 Å². The van der Waals surface area contributed by atoms with Crippen molar-refractivity contribution in [3.05, 3.63) is 99.2 Å². The van der Waals surface area contributed by atoms with Crippen molar-refractivity contribution in [3.8, 4) is 0 Å². The van der Waals surface area contributed by atoms with Crippen molar-refractivity contribution in [2.24, 2.45) is 0 Å². The zero-order valence-electron chi connectivity index (χ0n) is 18.8. The molecule has 3 amide bonds. The largest absolute Gasteiger partial charge is 0.478 e. The minimum atomic E-state index is -1.05. The monoisotopic (exact) mass is 523 g/mol. The second-order valence-corrected chi connectivity index (χ2v) is 8.78. The molecule has 10 heteroatoms. The summed E-state index contributed by atoms with van der Waals surface area (Å²) < 4.78 is 0. The van der Waals surface area contributed by atoms with Crippen molar-refractivity contribution in [2.75, 3.05) is 15.5 Å². The van der Waals surface area contributed by atoms with Gasteiger partial charge < -0.3 is 15.7 Å². The summed E-state index contributed by atoms with van der Waals surface area (Å²) in [6.45, 7) is 1.81. The van der Waals surface area contributed by atoms with E-state index in [4.69, 9.17) is 28.3 Å². The molecule has 1 aliphatic heterocycles. The Morgan fingerprint density at radius 1 is 0.889 bits per heavy atom. The summed E-state index contributed by atoms with van der Waals surface area (Å²) in [4.78, 5) is 49.8. The highest BCUT2D eigenvalue weighted by molar-refractivity contribution is 6.53. The van der Waals surface area contributed by atoms with Gasteiger partial charge in [0.15, 0.2) is 0 Å². The molecular formula is C26H19Cl2N3O5. The Labute approximate surface area is 216 Å². The van der Waals surface area contributed by atoms with Crippen LogP contribution in [0.25, 0.3) is 0 Å². The van der Waals surface area contributed by atoms with Gasteiger partial charge in [-0.1, -0.05) is 41.4 Å². The molecule has 3 aromatic rings. The van der Waals surface area contributed by atoms with Gasteiger partial charge in [-0.3, -0.25) is 14.4 Å². The van der Waals surface area contributed by atoms with Crippen LogP contribution in [0, 0.1) is 6.92 Å². The molecule has 3 N–H and O–H groups in total. The summed E-state index contributed by atoms with van der Waals surface area (Å²) in [6, 6.07) is 17.4. The maximum atomic E-state index is 12.9. The van der Waals surface area contributed by atoms with Crippen LogP contribution in [0.15, 0.2) is 77.5 Å². The van der Waals surface area contributed by atoms with Crippen LogP contribution >= 0.6 is 23.2 Å². The first-order valence-electron chi connectivity index (χ1n) is 10.7. The minimum Gasteiger partial charge on any atom is -0.478 e. The van der Waals surface area contributed by atoms with Gasteiger partial charge in [-0.15, -0.1) is 0 Å².